The summed E-state index contributed by atoms with van der Waals surface area (Å²) in [6.45, 7) is 4.17. The van der Waals surface area contributed by atoms with E-state index >= 15 is 0 Å². The number of methoxy groups -OCH3 is 1. The minimum Gasteiger partial charge on any atom is -0.497 e. The normalized spacial score (nSPS) is 15.0. The van der Waals surface area contributed by atoms with E-state index in [2.05, 4.69) is 28.4 Å². The lowest BCUT2D eigenvalue weighted by atomic mass is 9.99. The van der Waals surface area contributed by atoms with E-state index < -0.39 is 0 Å². The quantitative estimate of drug-likeness (QED) is 0.748. The van der Waals surface area contributed by atoms with Crippen LogP contribution in [-0.2, 0) is 19.5 Å². The molecule has 3 aromatic rings. The Morgan fingerprint density at radius 3 is 2.72 bits per heavy atom. The highest BCUT2D eigenvalue weighted by Gasteiger charge is 2.25. The first kappa shape index (κ1) is 17.7. The van der Waals surface area contributed by atoms with Crippen LogP contribution in [-0.4, -0.2) is 29.5 Å². The highest BCUT2D eigenvalue weighted by molar-refractivity contribution is 5.98. The van der Waals surface area contributed by atoms with Gasteiger partial charge in [0.05, 0.1) is 24.9 Å². The van der Waals surface area contributed by atoms with Crippen molar-refractivity contribution in [2.75, 3.05) is 18.6 Å². The first-order valence-electron chi connectivity index (χ1n) is 9.78. The van der Waals surface area contributed by atoms with Crippen LogP contribution in [0.1, 0.15) is 32.9 Å². The second-order valence-electron chi connectivity index (χ2n) is 7.54. The molecule has 0 spiro atoms. The molecule has 6 nitrogen and oxygen atoms in total. The van der Waals surface area contributed by atoms with Crippen LogP contribution in [0.4, 0.5) is 5.82 Å². The van der Waals surface area contributed by atoms with Crippen LogP contribution in [0.5, 0.6) is 5.75 Å². The molecule has 0 fully saturated rings. The second-order valence-corrected chi connectivity index (χ2v) is 7.54. The topological polar surface area (TPSA) is 67.3 Å². The predicted molar refractivity (Wildman–Crippen MR) is 111 cm³/mol. The van der Waals surface area contributed by atoms with Gasteiger partial charge in [0.1, 0.15) is 11.6 Å². The molecule has 2 aromatic heterocycles. The Balaban J connectivity index is 1.45. The summed E-state index contributed by atoms with van der Waals surface area (Å²) in [4.78, 5) is 23.7. The molecule has 1 aromatic carbocycles. The summed E-state index contributed by atoms with van der Waals surface area (Å²) in [6.07, 6.45) is 2.83. The summed E-state index contributed by atoms with van der Waals surface area (Å²) in [6, 6.07) is 12.2. The Hall–Kier alpha value is -3.41. The van der Waals surface area contributed by atoms with Crippen molar-refractivity contribution in [1.29, 1.82) is 0 Å². The first-order chi connectivity index (χ1) is 14.1. The van der Waals surface area contributed by atoms with Gasteiger partial charge in [0.2, 0.25) is 0 Å². The molecule has 0 unspecified atom stereocenters. The fraction of sp³-hybridized carbons (Fsp3) is 0.261. The molecular weight excluding hydrogens is 364 g/mol. The molecule has 1 amide bonds. The molecule has 1 N–H and O–H groups in total. The fourth-order valence-corrected chi connectivity index (χ4v) is 4.10. The van der Waals surface area contributed by atoms with Gasteiger partial charge in [-0.1, -0.05) is 12.1 Å². The van der Waals surface area contributed by atoms with Gasteiger partial charge in [0.25, 0.3) is 5.91 Å². The van der Waals surface area contributed by atoms with Gasteiger partial charge >= 0.3 is 0 Å². The van der Waals surface area contributed by atoms with Crippen LogP contribution in [0.2, 0.25) is 0 Å². The standard InChI is InChI=1S/C23H22N4O2/c1-14-9-19-21(12-25-23(19)28)26-22(14)27-8-7-20-17(13-27)10-16(11-24-20)15-3-5-18(29-2)6-4-15/h3-6,9-11H,7-8,12-13H2,1-2H3,(H,25,28). The average Bonchev–Trinajstić information content (AvgIpc) is 3.12. The minimum atomic E-state index is -0.0283. The van der Waals surface area contributed by atoms with Crippen molar-refractivity contribution in [3.63, 3.8) is 0 Å². The van der Waals surface area contributed by atoms with E-state index in [1.165, 1.54) is 5.56 Å². The number of fused-ring (bicyclic) bond motifs is 2. The summed E-state index contributed by atoms with van der Waals surface area (Å²) in [5, 5.41) is 2.85. The Morgan fingerprint density at radius 1 is 1.10 bits per heavy atom. The number of nitrogens with zero attached hydrogens (tertiary/aromatic N) is 3. The third-order valence-corrected chi connectivity index (χ3v) is 5.69. The molecule has 0 aliphatic carbocycles. The summed E-state index contributed by atoms with van der Waals surface area (Å²) in [7, 11) is 1.67. The Kier molecular flexibility index (Phi) is 4.19. The van der Waals surface area contributed by atoms with E-state index in [1.807, 2.05) is 31.3 Å². The Labute approximate surface area is 169 Å². The molecule has 29 heavy (non-hydrogen) atoms. The number of hydrogen-bond donors (Lipinski definition) is 1. The molecule has 0 saturated heterocycles. The van der Waals surface area contributed by atoms with Crippen LogP contribution in [0, 0.1) is 6.92 Å². The van der Waals surface area contributed by atoms with E-state index in [9.17, 15) is 4.79 Å². The van der Waals surface area contributed by atoms with Crippen LogP contribution < -0.4 is 15.0 Å². The SMILES string of the molecule is COc1ccc(-c2cnc3c(c2)CN(c2nc4c(cc2C)C(=O)NC4)CC3)cc1. The monoisotopic (exact) mass is 386 g/mol. The number of rotatable bonds is 3. The molecule has 4 heterocycles. The van der Waals surface area contributed by atoms with E-state index in [0.29, 0.717) is 12.1 Å². The Morgan fingerprint density at radius 2 is 1.93 bits per heavy atom. The maximum Gasteiger partial charge on any atom is 0.253 e. The van der Waals surface area contributed by atoms with Gasteiger partial charge in [-0.15, -0.1) is 0 Å². The van der Waals surface area contributed by atoms with E-state index in [0.717, 1.165) is 59.2 Å². The van der Waals surface area contributed by atoms with Crippen molar-refractivity contribution in [2.24, 2.45) is 0 Å². The predicted octanol–water partition coefficient (Wildman–Crippen LogP) is 3.27. The summed E-state index contributed by atoms with van der Waals surface area (Å²) in [5.41, 5.74) is 7.16. The van der Waals surface area contributed by atoms with E-state index in [4.69, 9.17) is 14.7 Å². The average molecular weight is 386 g/mol. The maximum absolute atomic E-state index is 11.9. The van der Waals surface area contributed by atoms with Crippen molar-refractivity contribution in [3.05, 3.63) is 70.7 Å². The largest absolute Gasteiger partial charge is 0.497 e. The minimum absolute atomic E-state index is 0.0283. The zero-order valence-electron chi connectivity index (χ0n) is 16.5. The van der Waals surface area contributed by atoms with Gasteiger partial charge in [-0.25, -0.2) is 4.98 Å². The van der Waals surface area contributed by atoms with Crippen molar-refractivity contribution in [2.45, 2.75) is 26.4 Å². The van der Waals surface area contributed by atoms with Crippen LogP contribution in [0.25, 0.3) is 11.1 Å². The third kappa shape index (κ3) is 3.10. The number of aryl methyl sites for hydroxylation is 1. The van der Waals surface area contributed by atoms with Gasteiger partial charge < -0.3 is 15.0 Å². The van der Waals surface area contributed by atoms with Crippen molar-refractivity contribution in [1.82, 2.24) is 15.3 Å². The molecular formula is C23H22N4O2. The van der Waals surface area contributed by atoms with Gasteiger partial charge in [-0.05, 0) is 47.9 Å². The summed E-state index contributed by atoms with van der Waals surface area (Å²) >= 11 is 0. The molecule has 2 aliphatic rings. The Bertz CT molecular complexity index is 1110. The summed E-state index contributed by atoms with van der Waals surface area (Å²) < 4.78 is 5.25. The van der Waals surface area contributed by atoms with Gasteiger partial charge in [0.15, 0.2) is 0 Å². The van der Waals surface area contributed by atoms with Gasteiger partial charge in [0, 0.05) is 37.0 Å². The number of benzene rings is 1. The van der Waals surface area contributed by atoms with Crippen LogP contribution in [0.15, 0.2) is 42.6 Å². The van der Waals surface area contributed by atoms with E-state index in [-0.39, 0.29) is 5.91 Å². The van der Waals surface area contributed by atoms with Gasteiger partial charge in [-0.3, -0.25) is 9.78 Å². The van der Waals surface area contributed by atoms with Crippen LogP contribution >= 0.6 is 0 Å². The number of carbonyl (C=O) groups is 1. The number of aromatic nitrogens is 2. The van der Waals surface area contributed by atoms with Crippen molar-refractivity contribution < 1.29 is 9.53 Å². The zero-order chi connectivity index (χ0) is 20.0. The number of amides is 1. The number of carbonyl (C=O) groups excluding carboxylic acids is 1. The molecule has 6 heteroatoms. The van der Waals surface area contributed by atoms with Gasteiger partial charge in [-0.2, -0.15) is 0 Å². The maximum atomic E-state index is 11.9. The number of pyridine rings is 2. The highest BCUT2D eigenvalue weighted by atomic mass is 16.5. The van der Waals surface area contributed by atoms with Crippen molar-refractivity contribution >= 4 is 11.7 Å². The number of hydrogen-bond acceptors (Lipinski definition) is 5. The molecule has 0 radical (unpaired) electrons. The van der Waals surface area contributed by atoms with Crippen LogP contribution in [0.3, 0.4) is 0 Å². The highest BCUT2D eigenvalue weighted by Crippen LogP contribution is 2.30. The fourth-order valence-electron chi connectivity index (χ4n) is 4.10. The van der Waals surface area contributed by atoms with Crippen molar-refractivity contribution in [3.8, 4) is 16.9 Å². The molecule has 0 bridgehead atoms. The number of nitrogens with one attached hydrogen (secondary N) is 1. The zero-order valence-corrected chi connectivity index (χ0v) is 16.5. The second kappa shape index (κ2) is 6.88. The molecule has 2 aliphatic heterocycles. The molecule has 146 valence electrons. The molecule has 0 atom stereocenters. The lowest BCUT2D eigenvalue weighted by molar-refractivity contribution is 0.0965. The first-order valence-corrected chi connectivity index (χ1v) is 9.78. The smallest absolute Gasteiger partial charge is 0.253 e. The van der Waals surface area contributed by atoms with E-state index in [1.54, 1.807) is 7.11 Å². The lowest BCUT2D eigenvalue weighted by Gasteiger charge is -2.31. The molecule has 5 rings (SSSR count). The summed E-state index contributed by atoms with van der Waals surface area (Å²) in [5.74, 6) is 1.78. The third-order valence-electron chi connectivity index (χ3n) is 5.69. The molecule has 0 saturated carbocycles. The number of ether oxygens (including phenoxy) is 1. The number of anilines is 1. The lowest BCUT2D eigenvalue weighted by Crippen LogP contribution is -2.32.